The summed E-state index contributed by atoms with van der Waals surface area (Å²) >= 11 is 3.42. The summed E-state index contributed by atoms with van der Waals surface area (Å²) in [7, 11) is 1.67. The van der Waals surface area contributed by atoms with Crippen molar-refractivity contribution in [2.75, 3.05) is 13.7 Å². The van der Waals surface area contributed by atoms with Gasteiger partial charge in [-0.3, -0.25) is 0 Å². The van der Waals surface area contributed by atoms with E-state index in [1.54, 1.807) is 7.11 Å². The lowest BCUT2D eigenvalue weighted by Crippen LogP contribution is -1.99. The molecule has 1 aromatic carbocycles. The Morgan fingerprint density at radius 3 is 2.62 bits per heavy atom. The van der Waals surface area contributed by atoms with Crippen LogP contribution in [0.25, 0.3) is 0 Å². The molecule has 0 aliphatic carbocycles. The van der Waals surface area contributed by atoms with Crippen LogP contribution in [0.4, 0.5) is 0 Å². The molecule has 0 atom stereocenters. The lowest BCUT2D eigenvalue weighted by molar-refractivity contribution is 0.286. The van der Waals surface area contributed by atoms with Crippen molar-refractivity contribution in [1.29, 1.82) is 0 Å². The lowest BCUT2D eigenvalue weighted by Gasteiger charge is -2.11. The third kappa shape index (κ3) is 4.05. The molecule has 0 heterocycles. The zero-order chi connectivity index (χ0) is 11.8. The number of benzene rings is 1. The van der Waals surface area contributed by atoms with Gasteiger partial charge in [-0.1, -0.05) is 41.8 Å². The van der Waals surface area contributed by atoms with Gasteiger partial charge in [0, 0.05) is 5.33 Å². The molecule has 0 N–H and O–H groups in total. The van der Waals surface area contributed by atoms with E-state index in [0.717, 1.165) is 29.9 Å². The Labute approximate surface area is 106 Å². The molecule has 16 heavy (non-hydrogen) atoms. The molecule has 2 nitrogen and oxygen atoms in total. The Kier molecular flexibility index (Phi) is 6.31. The van der Waals surface area contributed by atoms with E-state index in [4.69, 9.17) is 9.47 Å². The average Bonchev–Trinajstić information content (AvgIpc) is 2.34. The molecule has 90 valence electrons. The van der Waals surface area contributed by atoms with E-state index in [1.165, 1.54) is 18.4 Å². The second-order valence-electron chi connectivity index (χ2n) is 3.67. The maximum Gasteiger partial charge on any atom is 0.161 e. The van der Waals surface area contributed by atoms with E-state index in [0.29, 0.717) is 0 Å². The molecule has 0 aliphatic rings. The Morgan fingerprint density at radius 1 is 1.19 bits per heavy atom. The second-order valence-corrected chi connectivity index (χ2v) is 4.24. The van der Waals surface area contributed by atoms with E-state index in [2.05, 4.69) is 22.9 Å². The minimum atomic E-state index is 0.762. The molecule has 0 unspecified atom stereocenters. The number of methoxy groups -OCH3 is 1. The smallest absolute Gasteiger partial charge is 0.161 e. The van der Waals surface area contributed by atoms with Gasteiger partial charge < -0.3 is 9.47 Å². The van der Waals surface area contributed by atoms with Gasteiger partial charge in [0.1, 0.15) is 0 Å². The van der Waals surface area contributed by atoms with Gasteiger partial charge in [0.05, 0.1) is 13.7 Å². The molecule has 0 amide bonds. The average molecular weight is 287 g/mol. The minimum Gasteiger partial charge on any atom is -0.493 e. The zero-order valence-electron chi connectivity index (χ0n) is 9.96. The van der Waals surface area contributed by atoms with Crippen molar-refractivity contribution < 1.29 is 9.47 Å². The molecule has 0 saturated heterocycles. The molecule has 1 rings (SSSR count). The highest BCUT2D eigenvalue weighted by Gasteiger charge is 2.04. The minimum absolute atomic E-state index is 0.762. The van der Waals surface area contributed by atoms with E-state index in [-0.39, 0.29) is 0 Å². The summed E-state index contributed by atoms with van der Waals surface area (Å²) in [6.07, 6.45) is 3.52. The van der Waals surface area contributed by atoms with Crippen LogP contribution in [0.5, 0.6) is 11.5 Å². The fourth-order valence-electron chi connectivity index (χ4n) is 1.45. The maximum atomic E-state index is 5.69. The topological polar surface area (TPSA) is 18.5 Å². The maximum absolute atomic E-state index is 5.69. The normalized spacial score (nSPS) is 10.2. The standard InChI is InChI=1S/C13H19BrO2/c1-3-4-5-8-16-12-7-6-11(10-14)9-13(12)15-2/h6-7,9H,3-5,8,10H2,1-2H3. The van der Waals surface area contributed by atoms with Crippen molar-refractivity contribution in [3.05, 3.63) is 23.8 Å². The Morgan fingerprint density at radius 2 is 2.00 bits per heavy atom. The van der Waals surface area contributed by atoms with Gasteiger partial charge in [-0.25, -0.2) is 0 Å². The number of unbranched alkanes of at least 4 members (excludes halogenated alkanes) is 2. The largest absolute Gasteiger partial charge is 0.493 e. The highest BCUT2D eigenvalue weighted by atomic mass is 79.9. The first kappa shape index (κ1) is 13.4. The van der Waals surface area contributed by atoms with Gasteiger partial charge in [0.25, 0.3) is 0 Å². The van der Waals surface area contributed by atoms with Crippen LogP contribution in [0, 0.1) is 0 Å². The van der Waals surface area contributed by atoms with Crippen LogP contribution in [-0.2, 0) is 5.33 Å². The van der Waals surface area contributed by atoms with Gasteiger partial charge in [0.15, 0.2) is 11.5 Å². The molecule has 0 aromatic heterocycles. The first-order chi connectivity index (χ1) is 7.81. The molecule has 0 bridgehead atoms. The summed E-state index contributed by atoms with van der Waals surface area (Å²) in [5.41, 5.74) is 1.19. The van der Waals surface area contributed by atoms with E-state index >= 15 is 0 Å². The molecule has 0 radical (unpaired) electrons. The predicted molar refractivity (Wildman–Crippen MR) is 70.6 cm³/mol. The predicted octanol–water partition coefficient (Wildman–Crippen LogP) is 4.16. The highest BCUT2D eigenvalue weighted by Crippen LogP contribution is 2.28. The van der Waals surface area contributed by atoms with Gasteiger partial charge in [0.2, 0.25) is 0 Å². The zero-order valence-corrected chi connectivity index (χ0v) is 11.5. The van der Waals surface area contributed by atoms with Crippen LogP contribution < -0.4 is 9.47 Å². The summed E-state index contributed by atoms with van der Waals surface area (Å²) < 4.78 is 11.0. The number of ether oxygens (including phenoxy) is 2. The number of halogens is 1. The summed E-state index contributed by atoms with van der Waals surface area (Å²) in [6.45, 7) is 2.95. The van der Waals surface area contributed by atoms with Crippen molar-refractivity contribution in [3.63, 3.8) is 0 Å². The molecule has 1 aromatic rings. The van der Waals surface area contributed by atoms with Crippen molar-refractivity contribution in [2.45, 2.75) is 31.5 Å². The SMILES string of the molecule is CCCCCOc1ccc(CBr)cc1OC. The summed E-state index contributed by atoms with van der Waals surface area (Å²) in [6, 6.07) is 6.03. The summed E-state index contributed by atoms with van der Waals surface area (Å²) in [5.74, 6) is 1.65. The molecule has 0 spiro atoms. The van der Waals surface area contributed by atoms with E-state index < -0.39 is 0 Å². The van der Waals surface area contributed by atoms with Gasteiger partial charge >= 0.3 is 0 Å². The molecule has 0 fully saturated rings. The van der Waals surface area contributed by atoms with E-state index in [9.17, 15) is 0 Å². The van der Waals surface area contributed by atoms with Crippen LogP contribution in [-0.4, -0.2) is 13.7 Å². The summed E-state index contributed by atoms with van der Waals surface area (Å²) in [4.78, 5) is 0. The van der Waals surface area contributed by atoms with Crippen LogP contribution in [0.1, 0.15) is 31.7 Å². The number of rotatable bonds is 7. The first-order valence-corrected chi connectivity index (χ1v) is 6.79. The van der Waals surface area contributed by atoms with Crippen LogP contribution >= 0.6 is 15.9 Å². The Bertz CT molecular complexity index is 313. The number of alkyl halides is 1. The van der Waals surface area contributed by atoms with Crippen LogP contribution in [0.2, 0.25) is 0 Å². The van der Waals surface area contributed by atoms with Crippen molar-refractivity contribution in [1.82, 2.24) is 0 Å². The molecular weight excluding hydrogens is 268 g/mol. The number of hydrogen-bond acceptors (Lipinski definition) is 2. The molecule has 3 heteroatoms. The highest BCUT2D eigenvalue weighted by molar-refractivity contribution is 9.08. The van der Waals surface area contributed by atoms with E-state index in [1.807, 2.05) is 18.2 Å². The summed E-state index contributed by atoms with van der Waals surface area (Å²) in [5, 5.41) is 0.833. The van der Waals surface area contributed by atoms with Crippen LogP contribution in [0.15, 0.2) is 18.2 Å². The quantitative estimate of drug-likeness (QED) is 0.554. The van der Waals surface area contributed by atoms with Crippen LogP contribution in [0.3, 0.4) is 0 Å². The molecule has 0 aliphatic heterocycles. The number of hydrogen-bond donors (Lipinski definition) is 0. The lowest BCUT2D eigenvalue weighted by atomic mass is 10.2. The van der Waals surface area contributed by atoms with Crippen molar-refractivity contribution in [2.24, 2.45) is 0 Å². The Balaban J connectivity index is 2.57. The Hall–Kier alpha value is -0.700. The van der Waals surface area contributed by atoms with Gasteiger partial charge in [-0.05, 0) is 24.1 Å². The second kappa shape index (κ2) is 7.55. The van der Waals surface area contributed by atoms with Gasteiger partial charge in [-0.2, -0.15) is 0 Å². The molecule has 0 saturated carbocycles. The van der Waals surface area contributed by atoms with Crippen molar-refractivity contribution >= 4 is 15.9 Å². The van der Waals surface area contributed by atoms with Gasteiger partial charge in [-0.15, -0.1) is 0 Å². The third-order valence-electron chi connectivity index (χ3n) is 2.39. The third-order valence-corrected chi connectivity index (χ3v) is 3.04. The molecular formula is C13H19BrO2. The monoisotopic (exact) mass is 286 g/mol. The first-order valence-electron chi connectivity index (χ1n) is 5.67. The van der Waals surface area contributed by atoms with Crippen molar-refractivity contribution in [3.8, 4) is 11.5 Å². The fourth-order valence-corrected chi connectivity index (χ4v) is 1.80. The fraction of sp³-hybridized carbons (Fsp3) is 0.538.